The second kappa shape index (κ2) is 5.06. The topological polar surface area (TPSA) is 37.4 Å². The molecular formula is C16H10BrNO2. The number of ketones is 1. The second-order valence-electron chi connectivity index (χ2n) is 4.38. The van der Waals surface area contributed by atoms with Gasteiger partial charge in [0.15, 0.2) is 0 Å². The van der Waals surface area contributed by atoms with Crippen molar-refractivity contribution in [1.29, 1.82) is 0 Å². The highest BCUT2D eigenvalue weighted by atomic mass is 79.9. The number of amides is 1. The van der Waals surface area contributed by atoms with Gasteiger partial charge in [-0.25, -0.2) is 0 Å². The highest BCUT2D eigenvalue weighted by Crippen LogP contribution is 2.31. The first-order chi connectivity index (χ1) is 9.66. The molecule has 0 atom stereocenters. The van der Waals surface area contributed by atoms with Gasteiger partial charge in [-0.15, -0.1) is 0 Å². The molecule has 0 aromatic heterocycles. The van der Waals surface area contributed by atoms with Crippen molar-refractivity contribution in [2.45, 2.75) is 0 Å². The van der Waals surface area contributed by atoms with Crippen LogP contribution in [0.4, 0.5) is 5.69 Å². The van der Waals surface area contributed by atoms with Crippen molar-refractivity contribution in [3.05, 3.63) is 70.7 Å². The van der Waals surface area contributed by atoms with Crippen molar-refractivity contribution >= 4 is 39.0 Å². The molecule has 0 aliphatic carbocycles. The van der Waals surface area contributed by atoms with Gasteiger partial charge < -0.3 is 0 Å². The Bertz CT molecular complexity index is 705. The molecule has 1 amide bonds. The number of hydrogen-bond acceptors (Lipinski definition) is 2. The number of carbonyl (C=O) groups is 2. The third-order valence-electron chi connectivity index (χ3n) is 3.08. The van der Waals surface area contributed by atoms with Gasteiger partial charge in [-0.05, 0) is 29.8 Å². The third kappa shape index (κ3) is 2.18. The van der Waals surface area contributed by atoms with Crippen LogP contribution in [0.25, 0.3) is 5.70 Å². The number of rotatable bonds is 2. The molecule has 0 spiro atoms. The van der Waals surface area contributed by atoms with Crippen LogP contribution in [0, 0.1) is 0 Å². The lowest BCUT2D eigenvalue weighted by molar-refractivity contribution is -0.132. The Balaban J connectivity index is 2.08. The molecule has 0 fully saturated rings. The summed E-state index contributed by atoms with van der Waals surface area (Å²) in [5.41, 5.74) is 2.13. The molecular weight excluding hydrogens is 318 g/mol. The van der Waals surface area contributed by atoms with Gasteiger partial charge >= 0.3 is 5.91 Å². The normalized spacial score (nSPS) is 14.7. The molecule has 20 heavy (non-hydrogen) atoms. The third-order valence-corrected chi connectivity index (χ3v) is 3.61. The van der Waals surface area contributed by atoms with Gasteiger partial charge in [0.05, 0.1) is 5.70 Å². The quantitative estimate of drug-likeness (QED) is 0.793. The molecule has 0 unspecified atom stereocenters. The largest absolute Gasteiger partial charge is 0.303 e. The number of halogens is 1. The van der Waals surface area contributed by atoms with Crippen LogP contribution < -0.4 is 4.90 Å². The smallest absolute Gasteiger partial charge is 0.284 e. The fourth-order valence-corrected chi connectivity index (χ4v) is 2.40. The highest BCUT2D eigenvalue weighted by molar-refractivity contribution is 9.10. The molecule has 0 saturated carbocycles. The van der Waals surface area contributed by atoms with Crippen molar-refractivity contribution in [3.8, 4) is 0 Å². The van der Waals surface area contributed by atoms with E-state index >= 15 is 0 Å². The van der Waals surface area contributed by atoms with Gasteiger partial charge in [-0.2, -0.15) is 0 Å². The zero-order valence-corrected chi connectivity index (χ0v) is 12.0. The molecule has 0 N–H and O–H groups in total. The lowest BCUT2D eigenvalue weighted by Gasteiger charge is -2.19. The van der Waals surface area contributed by atoms with Gasteiger partial charge in [-0.3, -0.25) is 14.5 Å². The first-order valence-electron chi connectivity index (χ1n) is 6.08. The Kier molecular flexibility index (Phi) is 3.24. The van der Waals surface area contributed by atoms with Crippen molar-refractivity contribution in [2.75, 3.05) is 4.90 Å². The van der Waals surface area contributed by atoms with E-state index in [1.807, 2.05) is 54.6 Å². The molecule has 3 nitrogen and oxygen atoms in total. The minimum absolute atomic E-state index is 0.494. The van der Waals surface area contributed by atoms with Crippen LogP contribution in [-0.2, 0) is 9.59 Å². The maximum Gasteiger partial charge on any atom is 0.303 e. The molecule has 1 heterocycles. The van der Waals surface area contributed by atoms with E-state index in [1.54, 1.807) is 0 Å². The fraction of sp³-hybridized carbons (Fsp3) is 0. The predicted octanol–water partition coefficient (Wildman–Crippen LogP) is 3.41. The molecule has 0 saturated heterocycles. The van der Waals surface area contributed by atoms with E-state index in [0.717, 1.165) is 10.0 Å². The summed E-state index contributed by atoms with van der Waals surface area (Å²) in [4.78, 5) is 25.3. The molecule has 4 heteroatoms. The Morgan fingerprint density at radius 1 is 0.850 bits per heavy atom. The summed E-state index contributed by atoms with van der Waals surface area (Å²) in [5.74, 6) is -1.01. The number of anilines is 1. The Labute approximate surface area is 124 Å². The molecule has 98 valence electrons. The molecule has 1 aliphatic heterocycles. The van der Waals surface area contributed by atoms with E-state index in [9.17, 15) is 9.59 Å². The maximum absolute atomic E-state index is 12.1. The highest BCUT2D eigenvalue weighted by Gasteiger charge is 2.32. The number of benzene rings is 2. The maximum atomic E-state index is 12.1. The fourth-order valence-electron chi connectivity index (χ4n) is 2.14. The standard InChI is InChI=1S/C16H10BrNO2/c17-12-8-6-11(7-9-12)14-10-15(19)16(20)18(14)13-4-2-1-3-5-13/h1-10H. The summed E-state index contributed by atoms with van der Waals surface area (Å²) >= 11 is 3.37. The minimum Gasteiger partial charge on any atom is -0.284 e. The van der Waals surface area contributed by atoms with Crippen molar-refractivity contribution in [1.82, 2.24) is 0 Å². The van der Waals surface area contributed by atoms with E-state index in [-0.39, 0.29) is 0 Å². The average molecular weight is 328 g/mol. The van der Waals surface area contributed by atoms with E-state index in [1.165, 1.54) is 11.0 Å². The number of hydrogen-bond donors (Lipinski definition) is 0. The Morgan fingerprint density at radius 2 is 1.50 bits per heavy atom. The van der Waals surface area contributed by atoms with E-state index in [0.29, 0.717) is 11.4 Å². The van der Waals surface area contributed by atoms with Crippen LogP contribution in [0.3, 0.4) is 0 Å². The lowest BCUT2D eigenvalue weighted by atomic mass is 10.1. The number of para-hydroxylation sites is 1. The van der Waals surface area contributed by atoms with Crippen molar-refractivity contribution in [2.24, 2.45) is 0 Å². The SMILES string of the molecule is O=C1C=C(c2ccc(Br)cc2)N(c2ccccc2)C1=O. The van der Waals surface area contributed by atoms with Crippen LogP contribution in [0.1, 0.15) is 5.56 Å². The molecule has 0 bridgehead atoms. The average Bonchev–Trinajstić information content (AvgIpc) is 2.77. The Morgan fingerprint density at radius 3 is 2.15 bits per heavy atom. The minimum atomic E-state index is -0.519. The van der Waals surface area contributed by atoms with Crippen LogP contribution in [0.15, 0.2) is 65.1 Å². The molecule has 1 aliphatic rings. The van der Waals surface area contributed by atoms with Crippen molar-refractivity contribution < 1.29 is 9.59 Å². The van der Waals surface area contributed by atoms with Crippen LogP contribution >= 0.6 is 15.9 Å². The monoisotopic (exact) mass is 327 g/mol. The van der Waals surface area contributed by atoms with Crippen LogP contribution in [-0.4, -0.2) is 11.7 Å². The van der Waals surface area contributed by atoms with Gasteiger partial charge in [0.2, 0.25) is 5.78 Å². The summed E-state index contributed by atoms with van der Waals surface area (Å²) < 4.78 is 0.948. The lowest BCUT2D eigenvalue weighted by Crippen LogP contribution is -2.27. The summed E-state index contributed by atoms with van der Waals surface area (Å²) in [5, 5.41) is 0. The molecule has 2 aromatic rings. The van der Waals surface area contributed by atoms with Gasteiger partial charge in [0.1, 0.15) is 0 Å². The Hall–Kier alpha value is -2.20. The number of nitrogens with zero attached hydrogens (tertiary/aromatic N) is 1. The molecule has 3 rings (SSSR count). The van der Waals surface area contributed by atoms with E-state index in [2.05, 4.69) is 15.9 Å². The second-order valence-corrected chi connectivity index (χ2v) is 5.29. The van der Waals surface area contributed by atoms with Crippen molar-refractivity contribution in [3.63, 3.8) is 0 Å². The van der Waals surface area contributed by atoms with Gasteiger partial charge in [-0.1, -0.05) is 46.3 Å². The van der Waals surface area contributed by atoms with Gasteiger partial charge in [0.25, 0.3) is 0 Å². The summed E-state index contributed by atoms with van der Waals surface area (Å²) in [6.45, 7) is 0. The van der Waals surface area contributed by atoms with E-state index in [4.69, 9.17) is 0 Å². The van der Waals surface area contributed by atoms with Gasteiger partial charge in [0, 0.05) is 16.2 Å². The van der Waals surface area contributed by atoms with Crippen LogP contribution in [0.2, 0.25) is 0 Å². The molecule has 2 aromatic carbocycles. The summed E-state index contributed by atoms with van der Waals surface area (Å²) in [6.07, 6.45) is 1.39. The summed E-state index contributed by atoms with van der Waals surface area (Å²) in [7, 11) is 0. The predicted molar refractivity (Wildman–Crippen MR) is 81.1 cm³/mol. The summed E-state index contributed by atoms with van der Waals surface area (Å²) in [6, 6.07) is 16.7. The molecule has 0 radical (unpaired) electrons. The first kappa shape index (κ1) is 12.8. The zero-order valence-electron chi connectivity index (χ0n) is 10.4. The van der Waals surface area contributed by atoms with E-state index < -0.39 is 11.7 Å². The zero-order chi connectivity index (χ0) is 14.1. The first-order valence-corrected chi connectivity index (χ1v) is 6.87. The number of carbonyl (C=O) groups excluding carboxylic acids is 2. The van der Waals surface area contributed by atoms with Crippen LogP contribution in [0.5, 0.6) is 0 Å².